The molecule has 0 radical (unpaired) electrons. The molecule has 66 valence electrons. The molecular formula is C8H12N2O2. The number of azo groups is 1. The van der Waals surface area contributed by atoms with E-state index in [0.717, 1.165) is 25.7 Å². The molecule has 0 aromatic carbocycles. The summed E-state index contributed by atoms with van der Waals surface area (Å²) >= 11 is 0. The molecule has 0 atom stereocenters. The second kappa shape index (κ2) is 2.84. The van der Waals surface area contributed by atoms with Gasteiger partial charge in [-0.1, -0.05) is 18.0 Å². The highest BCUT2D eigenvalue weighted by Crippen LogP contribution is 2.35. The van der Waals surface area contributed by atoms with Gasteiger partial charge in [-0.25, -0.2) is 4.79 Å². The molecule has 1 heterocycles. The first-order valence-electron chi connectivity index (χ1n) is 4.47. The van der Waals surface area contributed by atoms with Crippen LogP contribution in [0.4, 0.5) is 4.79 Å². The maximum Gasteiger partial charge on any atom is 0.454 e. The average molecular weight is 168 g/mol. The lowest BCUT2D eigenvalue weighted by atomic mass is 10.1. The average Bonchev–Trinajstić information content (AvgIpc) is 2.30. The van der Waals surface area contributed by atoms with Crippen molar-refractivity contribution in [1.29, 1.82) is 0 Å². The van der Waals surface area contributed by atoms with Crippen molar-refractivity contribution in [3.8, 4) is 0 Å². The molecule has 1 spiro atoms. The van der Waals surface area contributed by atoms with E-state index < -0.39 is 11.8 Å². The monoisotopic (exact) mass is 168 g/mol. The van der Waals surface area contributed by atoms with E-state index in [9.17, 15) is 4.79 Å². The van der Waals surface area contributed by atoms with Gasteiger partial charge in [-0.05, 0) is 12.8 Å². The van der Waals surface area contributed by atoms with Gasteiger partial charge in [0.25, 0.3) is 0 Å². The van der Waals surface area contributed by atoms with Gasteiger partial charge in [-0.15, -0.1) is 5.11 Å². The van der Waals surface area contributed by atoms with Crippen LogP contribution in [-0.2, 0) is 4.74 Å². The van der Waals surface area contributed by atoms with Crippen LogP contribution in [0.1, 0.15) is 38.5 Å². The number of nitrogens with zero attached hydrogens (tertiary/aromatic N) is 2. The number of ether oxygens (including phenoxy) is 1. The predicted molar refractivity (Wildman–Crippen MR) is 41.8 cm³/mol. The Morgan fingerprint density at radius 2 is 1.83 bits per heavy atom. The zero-order valence-electron chi connectivity index (χ0n) is 6.95. The van der Waals surface area contributed by atoms with Gasteiger partial charge in [0.2, 0.25) is 5.72 Å². The van der Waals surface area contributed by atoms with Crippen LogP contribution in [-0.4, -0.2) is 11.8 Å². The van der Waals surface area contributed by atoms with Gasteiger partial charge in [0, 0.05) is 12.8 Å². The Hall–Kier alpha value is -0.930. The number of hydrogen-bond acceptors (Lipinski definition) is 3. The summed E-state index contributed by atoms with van der Waals surface area (Å²) in [7, 11) is 0. The van der Waals surface area contributed by atoms with Crippen LogP contribution < -0.4 is 0 Å². The summed E-state index contributed by atoms with van der Waals surface area (Å²) in [5.74, 6) is 0. The Balaban J connectivity index is 2.09. The third-order valence-corrected chi connectivity index (χ3v) is 2.48. The van der Waals surface area contributed by atoms with Crippen LogP contribution in [0.15, 0.2) is 10.2 Å². The largest absolute Gasteiger partial charge is 0.454 e. The summed E-state index contributed by atoms with van der Waals surface area (Å²) in [6.45, 7) is 0. The minimum Gasteiger partial charge on any atom is -0.417 e. The molecule has 4 heteroatoms. The second-order valence-electron chi connectivity index (χ2n) is 3.43. The molecule has 0 aromatic rings. The number of rotatable bonds is 0. The molecule has 1 amide bonds. The fourth-order valence-electron chi connectivity index (χ4n) is 1.82. The van der Waals surface area contributed by atoms with E-state index in [1.807, 2.05) is 0 Å². The molecule has 0 bridgehead atoms. The number of hydrogen-bond donors (Lipinski definition) is 0. The minimum absolute atomic E-state index is 0.517. The Kier molecular flexibility index (Phi) is 1.83. The SMILES string of the molecule is O=C1N=NC2(CCCCCC2)O1. The molecule has 1 saturated carbocycles. The molecule has 12 heavy (non-hydrogen) atoms. The van der Waals surface area contributed by atoms with Gasteiger partial charge in [-0.3, -0.25) is 0 Å². The maximum atomic E-state index is 10.7. The zero-order valence-corrected chi connectivity index (χ0v) is 6.95. The van der Waals surface area contributed by atoms with Gasteiger partial charge in [0.05, 0.1) is 0 Å². The summed E-state index contributed by atoms with van der Waals surface area (Å²) in [5, 5.41) is 7.34. The third kappa shape index (κ3) is 1.33. The molecule has 4 nitrogen and oxygen atoms in total. The quantitative estimate of drug-likeness (QED) is 0.558. The number of carbonyl (C=O) groups is 1. The van der Waals surface area contributed by atoms with Gasteiger partial charge in [0.15, 0.2) is 0 Å². The van der Waals surface area contributed by atoms with E-state index in [1.54, 1.807) is 0 Å². The minimum atomic E-state index is -0.562. The molecule has 1 aliphatic carbocycles. The lowest BCUT2D eigenvalue weighted by molar-refractivity contribution is 0.0317. The fraction of sp³-hybridized carbons (Fsp3) is 0.875. The van der Waals surface area contributed by atoms with Crippen molar-refractivity contribution in [3.05, 3.63) is 0 Å². The fourth-order valence-corrected chi connectivity index (χ4v) is 1.82. The summed E-state index contributed by atoms with van der Waals surface area (Å²) in [4.78, 5) is 10.7. The van der Waals surface area contributed by atoms with Crippen molar-refractivity contribution >= 4 is 6.09 Å². The Labute approximate surface area is 71.0 Å². The van der Waals surface area contributed by atoms with E-state index in [2.05, 4.69) is 10.2 Å². The van der Waals surface area contributed by atoms with E-state index in [-0.39, 0.29) is 0 Å². The molecule has 2 rings (SSSR count). The molecule has 2 aliphatic rings. The molecule has 0 unspecified atom stereocenters. The Morgan fingerprint density at radius 1 is 1.17 bits per heavy atom. The van der Waals surface area contributed by atoms with Crippen molar-refractivity contribution in [1.82, 2.24) is 0 Å². The zero-order chi connectivity index (χ0) is 8.44. The predicted octanol–water partition coefficient (Wildman–Crippen LogP) is 2.64. The second-order valence-corrected chi connectivity index (χ2v) is 3.43. The van der Waals surface area contributed by atoms with Crippen LogP contribution in [0.5, 0.6) is 0 Å². The molecule has 1 fully saturated rings. The summed E-state index contributed by atoms with van der Waals surface area (Å²) < 4.78 is 5.10. The number of amides is 1. The van der Waals surface area contributed by atoms with E-state index in [4.69, 9.17) is 4.74 Å². The summed E-state index contributed by atoms with van der Waals surface area (Å²) in [6, 6.07) is 0. The van der Waals surface area contributed by atoms with Crippen LogP contribution in [0.25, 0.3) is 0 Å². The van der Waals surface area contributed by atoms with Gasteiger partial charge >= 0.3 is 6.09 Å². The van der Waals surface area contributed by atoms with Crippen LogP contribution in [0.2, 0.25) is 0 Å². The highest BCUT2D eigenvalue weighted by Gasteiger charge is 2.39. The van der Waals surface area contributed by atoms with E-state index in [0.29, 0.717) is 0 Å². The van der Waals surface area contributed by atoms with Crippen LogP contribution >= 0.6 is 0 Å². The van der Waals surface area contributed by atoms with Gasteiger partial charge in [-0.2, -0.15) is 0 Å². The third-order valence-electron chi connectivity index (χ3n) is 2.48. The van der Waals surface area contributed by atoms with E-state index >= 15 is 0 Å². The molecular weight excluding hydrogens is 156 g/mol. The normalized spacial score (nSPS) is 27.2. The first kappa shape index (κ1) is 7.71. The van der Waals surface area contributed by atoms with Crippen molar-refractivity contribution in [3.63, 3.8) is 0 Å². The van der Waals surface area contributed by atoms with Crippen molar-refractivity contribution < 1.29 is 9.53 Å². The van der Waals surface area contributed by atoms with Crippen molar-refractivity contribution in [2.75, 3.05) is 0 Å². The van der Waals surface area contributed by atoms with Crippen LogP contribution in [0.3, 0.4) is 0 Å². The number of carbonyl (C=O) groups excluding carboxylic acids is 1. The van der Waals surface area contributed by atoms with Crippen molar-refractivity contribution in [2.24, 2.45) is 10.2 Å². The highest BCUT2D eigenvalue weighted by atomic mass is 16.6. The molecule has 0 aromatic heterocycles. The van der Waals surface area contributed by atoms with Gasteiger partial charge < -0.3 is 4.74 Å². The lowest BCUT2D eigenvalue weighted by Gasteiger charge is -2.20. The maximum absolute atomic E-state index is 10.7. The lowest BCUT2D eigenvalue weighted by Crippen LogP contribution is -2.26. The standard InChI is InChI=1S/C8H12N2O2/c11-7-9-10-8(12-7)5-3-1-2-4-6-8/h1-6H2. The Morgan fingerprint density at radius 3 is 2.33 bits per heavy atom. The molecule has 1 aliphatic heterocycles. The topological polar surface area (TPSA) is 51.0 Å². The Bertz CT molecular complexity index is 217. The summed E-state index contributed by atoms with van der Waals surface area (Å²) in [6.07, 6.45) is 5.80. The van der Waals surface area contributed by atoms with Gasteiger partial charge in [0.1, 0.15) is 0 Å². The summed E-state index contributed by atoms with van der Waals surface area (Å²) in [5.41, 5.74) is -0.562. The first-order valence-corrected chi connectivity index (χ1v) is 4.47. The first-order chi connectivity index (χ1) is 5.81. The van der Waals surface area contributed by atoms with Crippen molar-refractivity contribution in [2.45, 2.75) is 44.2 Å². The highest BCUT2D eigenvalue weighted by molar-refractivity contribution is 5.69. The smallest absolute Gasteiger partial charge is 0.417 e. The molecule has 0 N–H and O–H groups in total. The molecule has 0 saturated heterocycles. The van der Waals surface area contributed by atoms with Crippen LogP contribution in [0, 0.1) is 0 Å². The van der Waals surface area contributed by atoms with E-state index in [1.165, 1.54) is 12.8 Å².